The summed E-state index contributed by atoms with van der Waals surface area (Å²) in [6.07, 6.45) is 1.05. The minimum atomic E-state index is 0. The molecule has 20 heavy (non-hydrogen) atoms. The molecule has 1 atom stereocenters. The maximum Gasteiger partial charge on any atom is 0.253 e. The average Bonchev–Trinajstić information content (AvgIpc) is 2.87. The van der Waals surface area contributed by atoms with E-state index in [1.165, 1.54) is 6.92 Å². The number of likely N-dealkylation sites (tertiary alicyclic amines) is 1. The summed E-state index contributed by atoms with van der Waals surface area (Å²) in [6, 6.07) is 6.92. The summed E-state index contributed by atoms with van der Waals surface area (Å²) in [5, 5.41) is 3.15. The van der Waals surface area contributed by atoms with E-state index in [-0.39, 0.29) is 24.1 Å². The van der Waals surface area contributed by atoms with Crippen LogP contribution in [-0.4, -0.2) is 43.3 Å². The molecule has 0 spiro atoms. The van der Waals surface area contributed by atoms with E-state index in [1.807, 2.05) is 11.9 Å². The van der Waals surface area contributed by atoms with Gasteiger partial charge in [0.1, 0.15) is 0 Å². The fourth-order valence-electron chi connectivity index (χ4n) is 2.50. The molecule has 1 unspecified atom stereocenters. The van der Waals surface area contributed by atoms with Gasteiger partial charge in [0.2, 0.25) is 0 Å². The Balaban J connectivity index is 0.00000200. The summed E-state index contributed by atoms with van der Waals surface area (Å²) in [4.78, 5) is 25.4. The lowest BCUT2D eigenvalue weighted by atomic mass is 10.1. The van der Waals surface area contributed by atoms with Crippen LogP contribution in [0.3, 0.4) is 0 Å². The summed E-state index contributed by atoms with van der Waals surface area (Å²) in [6.45, 7) is 4.11. The number of carbonyl (C=O) groups is 2. The molecule has 2 rings (SSSR count). The first kappa shape index (κ1) is 16.7. The Morgan fingerprint density at radius 1 is 1.25 bits per heavy atom. The SMILES string of the molecule is CNCC1CCN(C(=O)c2ccc(C(C)=O)cc2)C1.Cl. The highest BCUT2D eigenvalue weighted by atomic mass is 35.5. The number of hydrogen-bond donors (Lipinski definition) is 1. The molecule has 0 radical (unpaired) electrons. The highest BCUT2D eigenvalue weighted by Gasteiger charge is 2.26. The molecule has 1 saturated heterocycles. The monoisotopic (exact) mass is 296 g/mol. The van der Waals surface area contributed by atoms with E-state index in [9.17, 15) is 9.59 Å². The number of rotatable bonds is 4. The fourth-order valence-corrected chi connectivity index (χ4v) is 2.50. The van der Waals surface area contributed by atoms with Crippen molar-refractivity contribution in [3.8, 4) is 0 Å². The average molecular weight is 297 g/mol. The van der Waals surface area contributed by atoms with Gasteiger partial charge in [-0.15, -0.1) is 12.4 Å². The zero-order chi connectivity index (χ0) is 13.8. The van der Waals surface area contributed by atoms with Gasteiger partial charge in [-0.2, -0.15) is 0 Å². The van der Waals surface area contributed by atoms with Crippen LogP contribution >= 0.6 is 12.4 Å². The van der Waals surface area contributed by atoms with Gasteiger partial charge in [0.05, 0.1) is 0 Å². The van der Waals surface area contributed by atoms with Crippen LogP contribution < -0.4 is 5.32 Å². The molecule has 1 N–H and O–H groups in total. The van der Waals surface area contributed by atoms with E-state index in [0.717, 1.165) is 26.1 Å². The number of ketones is 1. The molecule has 0 bridgehead atoms. The van der Waals surface area contributed by atoms with Crippen LogP contribution in [0, 0.1) is 5.92 Å². The molecule has 1 aromatic rings. The molecule has 110 valence electrons. The first-order valence-electron chi connectivity index (χ1n) is 6.66. The number of nitrogens with zero attached hydrogens (tertiary/aromatic N) is 1. The molecular formula is C15H21ClN2O2. The molecule has 0 aliphatic carbocycles. The van der Waals surface area contributed by atoms with Crippen LogP contribution in [-0.2, 0) is 0 Å². The van der Waals surface area contributed by atoms with Gasteiger partial charge >= 0.3 is 0 Å². The lowest BCUT2D eigenvalue weighted by Gasteiger charge is -2.16. The zero-order valence-electron chi connectivity index (χ0n) is 11.9. The van der Waals surface area contributed by atoms with E-state index < -0.39 is 0 Å². The highest BCUT2D eigenvalue weighted by molar-refractivity contribution is 5.97. The smallest absolute Gasteiger partial charge is 0.253 e. The van der Waals surface area contributed by atoms with Gasteiger partial charge in [-0.1, -0.05) is 12.1 Å². The summed E-state index contributed by atoms with van der Waals surface area (Å²) < 4.78 is 0. The van der Waals surface area contributed by atoms with Crippen molar-refractivity contribution < 1.29 is 9.59 Å². The van der Waals surface area contributed by atoms with Crippen LogP contribution in [0.4, 0.5) is 0 Å². The van der Waals surface area contributed by atoms with E-state index in [2.05, 4.69) is 5.32 Å². The summed E-state index contributed by atoms with van der Waals surface area (Å²) in [7, 11) is 1.94. The minimum Gasteiger partial charge on any atom is -0.338 e. The van der Waals surface area contributed by atoms with Crippen molar-refractivity contribution in [2.24, 2.45) is 5.92 Å². The van der Waals surface area contributed by atoms with Crippen LogP contribution in [0.1, 0.15) is 34.1 Å². The number of Topliss-reactive ketones (excluding diaryl/α,β-unsaturated/α-hetero) is 1. The van der Waals surface area contributed by atoms with E-state index in [1.54, 1.807) is 24.3 Å². The molecule has 0 aromatic heterocycles. The van der Waals surface area contributed by atoms with Crippen molar-refractivity contribution in [1.82, 2.24) is 10.2 Å². The van der Waals surface area contributed by atoms with Gasteiger partial charge in [0, 0.05) is 24.2 Å². The second-order valence-corrected chi connectivity index (χ2v) is 5.10. The molecule has 1 heterocycles. The molecule has 0 saturated carbocycles. The number of amides is 1. The maximum absolute atomic E-state index is 12.3. The van der Waals surface area contributed by atoms with E-state index in [4.69, 9.17) is 0 Å². The molecule has 1 aliphatic heterocycles. The van der Waals surface area contributed by atoms with Gasteiger partial charge < -0.3 is 10.2 Å². The quantitative estimate of drug-likeness (QED) is 0.865. The molecular weight excluding hydrogens is 276 g/mol. The molecule has 4 nitrogen and oxygen atoms in total. The van der Waals surface area contributed by atoms with E-state index in [0.29, 0.717) is 17.0 Å². The van der Waals surface area contributed by atoms with Crippen molar-refractivity contribution in [2.45, 2.75) is 13.3 Å². The van der Waals surface area contributed by atoms with Gasteiger partial charge in [0.15, 0.2) is 5.78 Å². The topological polar surface area (TPSA) is 49.4 Å². The van der Waals surface area contributed by atoms with Crippen LogP contribution in [0.5, 0.6) is 0 Å². The van der Waals surface area contributed by atoms with Crippen LogP contribution in [0.15, 0.2) is 24.3 Å². The number of halogens is 1. The summed E-state index contributed by atoms with van der Waals surface area (Å²) in [5.41, 5.74) is 1.31. The van der Waals surface area contributed by atoms with Crippen molar-refractivity contribution in [3.63, 3.8) is 0 Å². The van der Waals surface area contributed by atoms with Gasteiger partial charge in [-0.05, 0) is 45.0 Å². The van der Waals surface area contributed by atoms with Gasteiger partial charge in [-0.25, -0.2) is 0 Å². The predicted molar refractivity (Wildman–Crippen MR) is 81.6 cm³/mol. The largest absolute Gasteiger partial charge is 0.338 e. The third-order valence-electron chi connectivity index (χ3n) is 3.60. The predicted octanol–water partition coefficient (Wildman–Crippen LogP) is 1.99. The van der Waals surface area contributed by atoms with E-state index >= 15 is 0 Å². The number of carbonyl (C=O) groups excluding carboxylic acids is 2. The van der Waals surface area contributed by atoms with Crippen molar-refractivity contribution in [3.05, 3.63) is 35.4 Å². The van der Waals surface area contributed by atoms with Crippen molar-refractivity contribution >= 4 is 24.1 Å². The highest BCUT2D eigenvalue weighted by Crippen LogP contribution is 2.18. The Labute approximate surface area is 125 Å². The molecule has 1 aliphatic rings. The third kappa shape index (κ3) is 3.81. The van der Waals surface area contributed by atoms with Crippen molar-refractivity contribution in [1.29, 1.82) is 0 Å². The molecule has 1 fully saturated rings. The Morgan fingerprint density at radius 3 is 2.40 bits per heavy atom. The maximum atomic E-state index is 12.3. The number of hydrogen-bond acceptors (Lipinski definition) is 3. The molecule has 1 amide bonds. The van der Waals surface area contributed by atoms with Gasteiger partial charge in [0.25, 0.3) is 5.91 Å². The lowest BCUT2D eigenvalue weighted by molar-refractivity contribution is 0.0786. The summed E-state index contributed by atoms with van der Waals surface area (Å²) in [5.74, 6) is 0.633. The first-order chi connectivity index (χ1) is 9.11. The number of nitrogens with one attached hydrogen (secondary N) is 1. The Bertz CT molecular complexity index is 473. The Hall–Kier alpha value is -1.39. The van der Waals surface area contributed by atoms with Gasteiger partial charge in [-0.3, -0.25) is 9.59 Å². The minimum absolute atomic E-state index is 0. The zero-order valence-corrected chi connectivity index (χ0v) is 12.7. The van der Waals surface area contributed by atoms with Crippen molar-refractivity contribution in [2.75, 3.05) is 26.7 Å². The first-order valence-corrected chi connectivity index (χ1v) is 6.66. The second-order valence-electron chi connectivity index (χ2n) is 5.10. The summed E-state index contributed by atoms with van der Waals surface area (Å²) >= 11 is 0. The Kier molecular flexibility index (Phi) is 6.17. The fraction of sp³-hybridized carbons (Fsp3) is 0.467. The molecule has 1 aromatic carbocycles. The van der Waals surface area contributed by atoms with Crippen LogP contribution in [0.25, 0.3) is 0 Å². The second kappa shape index (κ2) is 7.41. The Morgan fingerprint density at radius 2 is 1.85 bits per heavy atom. The standard InChI is InChI=1S/C15H20N2O2.ClH/c1-11(18)13-3-5-14(6-4-13)15(19)17-8-7-12(10-17)9-16-2;/h3-6,12,16H,7-10H2,1-2H3;1H. The van der Waals surface area contributed by atoms with Crippen LogP contribution in [0.2, 0.25) is 0 Å². The molecule has 5 heteroatoms. The normalized spacial score (nSPS) is 17.7. The lowest BCUT2D eigenvalue weighted by Crippen LogP contribution is -2.30. The third-order valence-corrected chi connectivity index (χ3v) is 3.60. The number of benzene rings is 1.